The van der Waals surface area contributed by atoms with Crippen molar-refractivity contribution in [3.8, 4) is 0 Å². The summed E-state index contributed by atoms with van der Waals surface area (Å²) in [5.41, 5.74) is 6.93. The van der Waals surface area contributed by atoms with Crippen LogP contribution in [0.1, 0.15) is 6.42 Å². The molecule has 0 unspecified atom stereocenters. The molecule has 3 heterocycles. The number of rotatable bonds is 6. The monoisotopic (exact) mass is 431 g/mol. The third-order valence-electron chi connectivity index (χ3n) is 5.77. The number of halogens is 1. The molecule has 0 atom stereocenters. The minimum atomic E-state index is -0.136. The Hall–Kier alpha value is -2.39. The molecule has 0 saturated carbocycles. The molecule has 2 saturated heterocycles. The highest BCUT2D eigenvalue weighted by molar-refractivity contribution is 7.13. The van der Waals surface area contributed by atoms with E-state index in [4.69, 9.17) is 5.73 Å². The van der Waals surface area contributed by atoms with Gasteiger partial charge in [0.1, 0.15) is 5.82 Å². The van der Waals surface area contributed by atoms with Gasteiger partial charge >= 0.3 is 0 Å². The van der Waals surface area contributed by atoms with Crippen LogP contribution in [0.15, 0.2) is 40.8 Å². The molecular weight excluding hydrogens is 401 g/mol. The van der Waals surface area contributed by atoms with Gasteiger partial charge in [0, 0.05) is 77.0 Å². The predicted molar refractivity (Wildman–Crippen MR) is 122 cm³/mol. The first-order valence-electron chi connectivity index (χ1n) is 10.6. The van der Waals surface area contributed by atoms with E-state index >= 15 is 0 Å². The number of nitrogens with two attached hydrogens (primary N) is 1. The SMILES string of the molecule is NC(=NCCCN1CCN(c2ccccc2F)CC1)N1CCN(c2nccs2)CC1. The Bertz CT molecular complexity index is 813. The Morgan fingerprint density at radius 2 is 1.77 bits per heavy atom. The van der Waals surface area contributed by atoms with Crippen molar-refractivity contribution in [3.63, 3.8) is 0 Å². The van der Waals surface area contributed by atoms with Crippen LogP contribution < -0.4 is 15.5 Å². The molecule has 9 heteroatoms. The van der Waals surface area contributed by atoms with Gasteiger partial charge in [-0.1, -0.05) is 12.1 Å². The lowest BCUT2D eigenvalue weighted by Crippen LogP contribution is -2.51. The molecule has 2 aromatic rings. The summed E-state index contributed by atoms with van der Waals surface area (Å²) in [5, 5.41) is 3.09. The summed E-state index contributed by atoms with van der Waals surface area (Å²) in [6.07, 6.45) is 2.83. The maximum Gasteiger partial charge on any atom is 0.191 e. The fourth-order valence-electron chi connectivity index (χ4n) is 4.01. The van der Waals surface area contributed by atoms with Gasteiger partial charge in [-0.05, 0) is 18.6 Å². The summed E-state index contributed by atoms with van der Waals surface area (Å²) in [7, 11) is 0. The van der Waals surface area contributed by atoms with Crippen LogP contribution in [0, 0.1) is 5.82 Å². The van der Waals surface area contributed by atoms with Gasteiger partial charge in [-0.25, -0.2) is 9.37 Å². The third-order valence-corrected chi connectivity index (χ3v) is 6.60. The Balaban J connectivity index is 1.14. The number of nitrogens with zero attached hydrogens (tertiary/aromatic N) is 6. The molecule has 0 amide bonds. The van der Waals surface area contributed by atoms with Crippen molar-refractivity contribution in [3.05, 3.63) is 41.7 Å². The second kappa shape index (κ2) is 10.1. The van der Waals surface area contributed by atoms with Crippen molar-refractivity contribution < 1.29 is 4.39 Å². The van der Waals surface area contributed by atoms with Crippen LogP contribution in [-0.2, 0) is 0 Å². The average molecular weight is 432 g/mol. The maximum atomic E-state index is 14.0. The van der Waals surface area contributed by atoms with Crippen LogP contribution in [0.2, 0.25) is 0 Å². The summed E-state index contributed by atoms with van der Waals surface area (Å²) in [4.78, 5) is 18.0. The summed E-state index contributed by atoms with van der Waals surface area (Å²) < 4.78 is 14.0. The van der Waals surface area contributed by atoms with Crippen LogP contribution in [0.4, 0.5) is 15.2 Å². The van der Waals surface area contributed by atoms with Gasteiger partial charge in [0.15, 0.2) is 11.1 Å². The van der Waals surface area contributed by atoms with Crippen molar-refractivity contribution in [2.45, 2.75) is 6.42 Å². The zero-order valence-corrected chi connectivity index (χ0v) is 18.1. The van der Waals surface area contributed by atoms with Crippen LogP contribution in [0.5, 0.6) is 0 Å². The molecule has 30 heavy (non-hydrogen) atoms. The highest BCUT2D eigenvalue weighted by atomic mass is 32.1. The number of aliphatic imine (C=N–C) groups is 1. The fourth-order valence-corrected chi connectivity index (χ4v) is 4.70. The average Bonchev–Trinajstić information content (AvgIpc) is 3.33. The number of thiazole rings is 1. The minimum absolute atomic E-state index is 0.136. The van der Waals surface area contributed by atoms with E-state index in [2.05, 4.69) is 29.6 Å². The lowest BCUT2D eigenvalue weighted by molar-refractivity contribution is 0.255. The van der Waals surface area contributed by atoms with E-state index < -0.39 is 0 Å². The minimum Gasteiger partial charge on any atom is -0.370 e. The standard InChI is InChI=1S/C21H30FN7S/c22-18-4-1-2-5-19(18)27-11-9-26(10-12-27)8-3-6-24-20(23)28-13-15-29(16-14-28)21-25-7-17-30-21/h1-2,4-5,7,17H,3,6,8-16H2,(H2,23,24). The van der Waals surface area contributed by atoms with Gasteiger partial charge in [-0.15, -0.1) is 11.3 Å². The molecule has 0 spiro atoms. The first-order chi connectivity index (χ1) is 14.7. The van der Waals surface area contributed by atoms with Crippen LogP contribution in [0.25, 0.3) is 0 Å². The summed E-state index contributed by atoms with van der Waals surface area (Å²) in [6, 6.07) is 7.02. The van der Waals surface area contributed by atoms with E-state index in [0.29, 0.717) is 11.6 Å². The molecule has 0 aliphatic carbocycles. The zero-order valence-electron chi connectivity index (χ0n) is 17.3. The van der Waals surface area contributed by atoms with Gasteiger partial charge in [0.2, 0.25) is 0 Å². The van der Waals surface area contributed by atoms with Crippen LogP contribution in [0.3, 0.4) is 0 Å². The maximum absolute atomic E-state index is 14.0. The number of para-hydroxylation sites is 1. The van der Waals surface area contributed by atoms with Crippen molar-refractivity contribution in [1.82, 2.24) is 14.8 Å². The van der Waals surface area contributed by atoms with Gasteiger partial charge in [0.05, 0.1) is 5.69 Å². The van der Waals surface area contributed by atoms with Crippen molar-refractivity contribution >= 4 is 28.1 Å². The van der Waals surface area contributed by atoms with E-state index in [1.54, 1.807) is 17.4 Å². The van der Waals surface area contributed by atoms with Crippen molar-refractivity contribution in [2.24, 2.45) is 10.7 Å². The lowest BCUT2D eigenvalue weighted by atomic mass is 10.2. The molecule has 2 aliphatic rings. The molecule has 0 bridgehead atoms. The number of aromatic nitrogens is 1. The molecule has 1 aromatic carbocycles. The number of guanidine groups is 1. The first-order valence-corrected chi connectivity index (χ1v) is 11.5. The highest BCUT2D eigenvalue weighted by Gasteiger charge is 2.20. The second-order valence-corrected chi connectivity index (χ2v) is 8.54. The number of hydrogen-bond acceptors (Lipinski definition) is 6. The predicted octanol–water partition coefficient (Wildman–Crippen LogP) is 1.93. The van der Waals surface area contributed by atoms with Crippen molar-refractivity contribution in [2.75, 3.05) is 75.2 Å². The number of hydrogen-bond donors (Lipinski definition) is 1. The number of benzene rings is 1. The third kappa shape index (κ3) is 5.20. The summed E-state index contributed by atoms with van der Waals surface area (Å²) in [5.74, 6) is 0.515. The van der Waals surface area contributed by atoms with Crippen LogP contribution >= 0.6 is 11.3 Å². The zero-order chi connectivity index (χ0) is 20.8. The highest BCUT2D eigenvalue weighted by Crippen LogP contribution is 2.20. The molecule has 2 aliphatic heterocycles. The Kier molecular flexibility index (Phi) is 7.01. The Labute approximate surface area is 181 Å². The van der Waals surface area contributed by atoms with E-state index in [1.165, 1.54) is 6.07 Å². The lowest BCUT2D eigenvalue weighted by Gasteiger charge is -2.36. The molecule has 2 N–H and O–H groups in total. The Morgan fingerprint density at radius 3 is 2.47 bits per heavy atom. The molecule has 7 nitrogen and oxygen atoms in total. The number of anilines is 2. The van der Waals surface area contributed by atoms with E-state index in [9.17, 15) is 4.39 Å². The molecule has 4 rings (SSSR count). The quantitative estimate of drug-likeness (QED) is 0.428. The van der Waals surface area contributed by atoms with E-state index in [-0.39, 0.29) is 5.82 Å². The van der Waals surface area contributed by atoms with Crippen molar-refractivity contribution in [1.29, 1.82) is 0 Å². The normalized spacial score (nSPS) is 18.8. The smallest absolute Gasteiger partial charge is 0.191 e. The van der Waals surface area contributed by atoms with Crippen LogP contribution in [-0.4, -0.2) is 86.2 Å². The van der Waals surface area contributed by atoms with E-state index in [0.717, 1.165) is 77.0 Å². The molecule has 0 radical (unpaired) electrons. The largest absolute Gasteiger partial charge is 0.370 e. The molecule has 1 aromatic heterocycles. The van der Waals surface area contributed by atoms with Gasteiger partial charge < -0.3 is 20.4 Å². The van der Waals surface area contributed by atoms with Gasteiger partial charge in [-0.2, -0.15) is 0 Å². The second-order valence-electron chi connectivity index (χ2n) is 7.66. The first kappa shape index (κ1) is 20.9. The molecule has 162 valence electrons. The topological polar surface area (TPSA) is 64.2 Å². The van der Waals surface area contributed by atoms with Gasteiger partial charge in [-0.3, -0.25) is 9.89 Å². The summed E-state index contributed by atoms with van der Waals surface area (Å²) in [6.45, 7) is 8.97. The Morgan fingerprint density at radius 1 is 1.03 bits per heavy atom. The van der Waals surface area contributed by atoms with E-state index in [1.807, 2.05) is 23.7 Å². The molecular formula is C21H30FN7S. The summed E-state index contributed by atoms with van der Waals surface area (Å²) >= 11 is 1.68. The number of piperazine rings is 2. The van der Waals surface area contributed by atoms with Gasteiger partial charge in [0.25, 0.3) is 0 Å². The fraction of sp³-hybridized carbons (Fsp3) is 0.524. The molecule has 2 fully saturated rings.